The number of amides is 2. The monoisotopic (exact) mass is 400 g/mol. The molecule has 1 aromatic heterocycles. The lowest BCUT2D eigenvalue weighted by Gasteiger charge is -2.10. The van der Waals surface area contributed by atoms with E-state index >= 15 is 0 Å². The van der Waals surface area contributed by atoms with Crippen molar-refractivity contribution in [1.82, 2.24) is 9.55 Å². The first-order valence-electron chi connectivity index (χ1n) is 8.10. The number of urea groups is 1. The van der Waals surface area contributed by atoms with Crippen LogP contribution in [-0.4, -0.2) is 33.2 Å². The average molecular weight is 400 g/mol. The highest BCUT2D eigenvalue weighted by atomic mass is 19.4. The Morgan fingerprint density at radius 2 is 1.89 bits per heavy atom. The number of carbonyl (C=O) groups excluding carboxylic acids is 1. The molecule has 28 heavy (non-hydrogen) atoms. The van der Waals surface area contributed by atoms with Gasteiger partial charge in [-0.25, -0.2) is 9.59 Å². The summed E-state index contributed by atoms with van der Waals surface area (Å²) in [5.74, 6) is 0.0450. The SMILES string of the molecule is O=C(Nc1ccc(OC(F)(F)F)cc1)Nc1cn(CC2CC2)c(OC(=O)O)n1. The molecule has 3 N–H and O–H groups in total. The normalized spacial score (nSPS) is 13.7. The second kappa shape index (κ2) is 7.66. The number of aromatic nitrogens is 2. The smallest absolute Gasteiger partial charge is 0.449 e. The molecule has 0 bridgehead atoms. The van der Waals surface area contributed by atoms with Crippen molar-refractivity contribution >= 4 is 23.7 Å². The van der Waals surface area contributed by atoms with Gasteiger partial charge >= 0.3 is 24.6 Å². The van der Waals surface area contributed by atoms with Crippen LogP contribution in [0, 0.1) is 5.92 Å². The lowest BCUT2D eigenvalue weighted by Crippen LogP contribution is -2.20. The molecule has 2 amide bonds. The average Bonchev–Trinajstić information content (AvgIpc) is 3.30. The Morgan fingerprint density at radius 1 is 1.21 bits per heavy atom. The minimum atomic E-state index is -4.80. The molecule has 3 rings (SSSR count). The molecule has 0 atom stereocenters. The van der Waals surface area contributed by atoms with Crippen molar-refractivity contribution in [3.63, 3.8) is 0 Å². The Balaban J connectivity index is 1.61. The number of alkyl halides is 3. The molecule has 1 aliphatic carbocycles. The summed E-state index contributed by atoms with van der Waals surface area (Å²) in [6, 6.07) is 3.67. The van der Waals surface area contributed by atoms with E-state index in [9.17, 15) is 22.8 Å². The molecule has 0 saturated heterocycles. The number of halogens is 3. The summed E-state index contributed by atoms with van der Waals surface area (Å²) >= 11 is 0. The van der Waals surface area contributed by atoms with Crippen molar-refractivity contribution < 1.29 is 37.3 Å². The number of nitrogens with one attached hydrogen (secondary N) is 2. The molecule has 0 radical (unpaired) electrons. The minimum absolute atomic E-state index is 0.0615. The fraction of sp³-hybridized carbons (Fsp3) is 0.312. The van der Waals surface area contributed by atoms with Crippen LogP contribution >= 0.6 is 0 Å². The first-order valence-corrected chi connectivity index (χ1v) is 8.10. The number of hydrogen-bond acceptors (Lipinski definition) is 5. The number of ether oxygens (including phenoxy) is 2. The van der Waals surface area contributed by atoms with E-state index in [-0.39, 0.29) is 17.5 Å². The third-order valence-electron chi connectivity index (χ3n) is 3.66. The molecule has 1 aliphatic rings. The Labute approximate surface area is 156 Å². The highest BCUT2D eigenvalue weighted by molar-refractivity contribution is 5.99. The molecule has 1 saturated carbocycles. The van der Waals surface area contributed by atoms with Crippen LogP contribution in [0.1, 0.15) is 12.8 Å². The maximum absolute atomic E-state index is 12.1. The topological polar surface area (TPSA) is 115 Å². The van der Waals surface area contributed by atoms with E-state index in [1.807, 2.05) is 0 Å². The molecule has 150 valence electrons. The second-order valence-electron chi connectivity index (χ2n) is 6.02. The molecule has 2 aromatic rings. The van der Waals surface area contributed by atoms with Crippen LogP contribution in [0.15, 0.2) is 30.5 Å². The van der Waals surface area contributed by atoms with Gasteiger partial charge in [-0.1, -0.05) is 0 Å². The van der Waals surface area contributed by atoms with Gasteiger partial charge in [0.25, 0.3) is 0 Å². The third-order valence-corrected chi connectivity index (χ3v) is 3.66. The van der Waals surface area contributed by atoms with Gasteiger partial charge in [0.1, 0.15) is 5.75 Å². The molecule has 1 aromatic carbocycles. The fourth-order valence-corrected chi connectivity index (χ4v) is 2.35. The van der Waals surface area contributed by atoms with Gasteiger partial charge in [-0.2, -0.15) is 4.98 Å². The zero-order valence-electron chi connectivity index (χ0n) is 14.2. The van der Waals surface area contributed by atoms with Crippen LogP contribution in [0.25, 0.3) is 0 Å². The summed E-state index contributed by atoms with van der Waals surface area (Å²) in [7, 11) is 0. The number of imidazole rings is 1. The van der Waals surface area contributed by atoms with E-state index in [1.165, 1.54) is 22.9 Å². The number of nitrogens with zero attached hydrogens (tertiary/aromatic N) is 2. The summed E-state index contributed by atoms with van der Waals surface area (Å²) in [5, 5.41) is 13.6. The Kier molecular flexibility index (Phi) is 5.29. The number of carbonyl (C=O) groups is 2. The summed E-state index contributed by atoms with van der Waals surface area (Å²) < 4.78 is 46.2. The largest absolute Gasteiger partial charge is 0.573 e. The van der Waals surface area contributed by atoms with Crippen molar-refractivity contribution in [2.75, 3.05) is 10.6 Å². The van der Waals surface area contributed by atoms with Gasteiger partial charge in [0.2, 0.25) is 0 Å². The number of carboxylic acid groups (broad SMARTS) is 1. The van der Waals surface area contributed by atoms with Crippen LogP contribution in [0.3, 0.4) is 0 Å². The van der Waals surface area contributed by atoms with Crippen LogP contribution in [0.4, 0.5) is 34.3 Å². The van der Waals surface area contributed by atoms with Gasteiger partial charge in [0.15, 0.2) is 5.82 Å². The van der Waals surface area contributed by atoms with E-state index in [0.717, 1.165) is 25.0 Å². The number of rotatable bonds is 6. The summed E-state index contributed by atoms with van der Waals surface area (Å²) in [4.78, 5) is 26.7. The maximum Gasteiger partial charge on any atom is 0.573 e. The number of anilines is 2. The van der Waals surface area contributed by atoms with Crippen molar-refractivity contribution in [3.8, 4) is 11.8 Å². The van der Waals surface area contributed by atoms with Gasteiger partial charge in [0.05, 0.1) is 6.20 Å². The van der Waals surface area contributed by atoms with E-state index in [2.05, 4.69) is 25.1 Å². The molecule has 12 heteroatoms. The van der Waals surface area contributed by atoms with Crippen molar-refractivity contribution in [2.24, 2.45) is 5.92 Å². The predicted octanol–water partition coefficient (Wildman–Crippen LogP) is 3.89. The lowest BCUT2D eigenvalue weighted by molar-refractivity contribution is -0.274. The lowest BCUT2D eigenvalue weighted by atomic mass is 10.3. The Bertz CT molecular complexity index is 862. The van der Waals surface area contributed by atoms with Crippen LogP contribution < -0.4 is 20.1 Å². The van der Waals surface area contributed by atoms with E-state index in [1.54, 1.807) is 0 Å². The van der Waals surface area contributed by atoms with Crippen LogP contribution in [0.2, 0.25) is 0 Å². The highest BCUT2D eigenvalue weighted by Gasteiger charge is 2.31. The van der Waals surface area contributed by atoms with Crippen LogP contribution in [0.5, 0.6) is 11.8 Å². The van der Waals surface area contributed by atoms with Crippen LogP contribution in [-0.2, 0) is 6.54 Å². The molecule has 1 heterocycles. The quantitative estimate of drug-likeness (QED) is 0.634. The summed E-state index contributed by atoms with van der Waals surface area (Å²) in [6.07, 6.45) is -2.86. The second-order valence-corrected chi connectivity index (χ2v) is 6.02. The maximum atomic E-state index is 12.1. The molecular formula is C16H15F3N4O5. The zero-order chi connectivity index (χ0) is 20.3. The Morgan fingerprint density at radius 3 is 2.46 bits per heavy atom. The standard InChI is InChI=1S/C16H15F3N4O5/c17-16(18,19)28-11-5-3-10(4-6-11)20-13(24)21-12-8-23(7-9-1-2-9)14(22-12)27-15(25)26/h3-6,8-9H,1-2,7H2,(H,25,26)(H2,20,21,24). The van der Waals surface area contributed by atoms with Gasteiger partial charge < -0.3 is 19.9 Å². The fourth-order valence-electron chi connectivity index (χ4n) is 2.35. The van der Waals surface area contributed by atoms with E-state index in [4.69, 9.17) is 5.11 Å². The number of hydrogen-bond donors (Lipinski definition) is 3. The molecule has 0 unspecified atom stereocenters. The van der Waals surface area contributed by atoms with Crippen molar-refractivity contribution in [2.45, 2.75) is 25.7 Å². The number of benzene rings is 1. The molecule has 9 nitrogen and oxygen atoms in total. The van der Waals surface area contributed by atoms with Gasteiger partial charge in [-0.3, -0.25) is 9.88 Å². The summed E-state index contributed by atoms with van der Waals surface area (Å²) in [5.41, 5.74) is 0.214. The summed E-state index contributed by atoms with van der Waals surface area (Å²) in [6.45, 7) is 0.513. The van der Waals surface area contributed by atoms with Gasteiger partial charge in [-0.15, -0.1) is 13.2 Å². The predicted molar refractivity (Wildman–Crippen MR) is 89.4 cm³/mol. The van der Waals surface area contributed by atoms with E-state index in [0.29, 0.717) is 12.5 Å². The Hall–Kier alpha value is -3.44. The van der Waals surface area contributed by atoms with Crippen molar-refractivity contribution in [3.05, 3.63) is 30.5 Å². The zero-order valence-corrected chi connectivity index (χ0v) is 14.2. The third kappa shape index (κ3) is 5.79. The minimum Gasteiger partial charge on any atom is -0.449 e. The van der Waals surface area contributed by atoms with E-state index < -0.39 is 24.3 Å². The van der Waals surface area contributed by atoms with Crippen molar-refractivity contribution in [1.29, 1.82) is 0 Å². The van der Waals surface area contributed by atoms with Gasteiger partial charge in [-0.05, 0) is 43.0 Å². The molecule has 1 fully saturated rings. The van der Waals surface area contributed by atoms with Gasteiger partial charge in [0, 0.05) is 12.2 Å². The molecular weight excluding hydrogens is 385 g/mol. The molecule has 0 aliphatic heterocycles. The first-order chi connectivity index (χ1) is 13.2. The molecule has 0 spiro atoms. The highest BCUT2D eigenvalue weighted by Crippen LogP contribution is 2.32. The first kappa shape index (κ1) is 19.3.